The summed E-state index contributed by atoms with van der Waals surface area (Å²) in [6.45, 7) is 0. The van der Waals surface area contributed by atoms with Crippen LogP contribution in [0.5, 0.6) is 11.5 Å². The molecule has 0 saturated carbocycles. The Bertz CT molecular complexity index is 3520. The van der Waals surface area contributed by atoms with Crippen molar-refractivity contribution in [2.75, 3.05) is 4.90 Å². The molecule has 0 fully saturated rings. The van der Waals surface area contributed by atoms with Crippen LogP contribution in [-0.2, 0) is 5.41 Å². The highest BCUT2D eigenvalue weighted by Gasteiger charge is 2.49. The van der Waals surface area contributed by atoms with Crippen LogP contribution in [0.3, 0.4) is 0 Å². The molecule has 0 amide bonds. The molecule has 13 rings (SSSR count). The van der Waals surface area contributed by atoms with Crippen LogP contribution < -0.4 is 9.64 Å². The summed E-state index contributed by atoms with van der Waals surface area (Å²) in [7, 11) is 0. The molecule has 2 aliphatic heterocycles. The zero-order valence-electron chi connectivity index (χ0n) is 34.0. The lowest BCUT2D eigenvalue weighted by atomic mass is 9.63. The topological polar surface area (TPSA) is 25.6 Å². The molecule has 0 radical (unpaired) electrons. The third kappa shape index (κ3) is 5.76. The van der Waals surface area contributed by atoms with Crippen LogP contribution in [-0.4, -0.2) is 0 Å². The Morgan fingerprint density at radius 1 is 0.375 bits per heavy atom. The Kier molecular flexibility index (Phi) is 8.85. The average molecular weight is 840 g/mol. The Balaban J connectivity index is 0.00000433. The predicted molar refractivity (Wildman–Crippen MR) is 266 cm³/mol. The number of benzene rings is 10. The molecule has 0 saturated heterocycles. The molecule has 3 heterocycles. The van der Waals surface area contributed by atoms with E-state index in [0.717, 1.165) is 67.2 Å². The van der Waals surface area contributed by atoms with E-state index in [1.165, 1.54) is 48.4 Å². The molecule has 304 valence electrons. The van der Waals surface area contributed by atoms with Gasteiger partial charge >= 0.3 is 0 Å². The van der Waals surface area contributed by atoms with E-state index in [4.69, 9.17) is 9.15 Å². The molecule has 0 N–H and O–H groups in total. The van der Waals surface area contributed by atoms with Gasteiger partial charge in [0, 0.05) is 54.8 Å². The summed E-state index contributed by atoms with van der Waals surface area (Å²) in [6, 6.07) is 80.8. The van der Waals surface area contributed by atoms with Crippen LogP contribution in [0.4, 0.5) is 17.1 Å². The SMILES string of the molecule is C.c1ccc2c(c1)Oc1cc(-c3ccc(N(c4ccc(-c5cccc6ccccc56)cc4)c4ccc5c(c4)oc4ccccc45)cc3)ccc1C21c2ccccc2Sc2ccccc21. The Labute approximate surface area is 376 Å². The predicted octanol–water partition coefficient (Wildman–Crippen LogP) is 17.1. The van der Waals surface area contributed by atoms with Crippen LogP contribution in [0.25, 0.3) is 55.0 Å². The van der Waals surface area contributed by atoms with Gasteiger partial charge < -0.3 is 14.1 Å². The Hall–Kier alpha value is -7.79. The van der Waals surface area contributed by atoms with Gasteiger partial charge in [-0.2, -0.15) is 0 Å². The van der Waals surface area contributed by atoms with Gasteiger partial charge in [0.1, 0.15) is 22.7 Å². The van der Waals surface area contributed by atoms with Gasteiger partial charge in [-0.25, -0.2) is 0 Å². The number of para-hydroxylation sites is 2. The largest absolute Gasteiger partial charge is 0.457 e. The summed E-state index contributed by atoms with van der Waals surface area (Å²) >= 11 is 1.85. The first-order valence-corrected chi connectivity index (χ1v) is 22.2. The number of ether oxygens (including phenoxy) is 1. The maximum Gasteiger partial charge on any atom is 0.137 e. The van der Waals surface area contributed by atoms with Crippen molar-refractivity contribution in [3.63, 3.8) is 0 Å². The van der Waals surface area contributed by atoms with E-state index in [1.54, 1.807) is 0 Å². The molecule has 2 aliphatic rings. The van der Waals surface area contributed by atoms with Crippen LogP contribution in [0, 0.1) is 0 Å². The number of furan rings is 1. The maximum atomic E-state index is 6.87. The van der Waals surface area contributed by atoms with Gasteiger partial charge in [0.15, 0.2) is 0 Å². The summed E-state index contributed by atoms with van der Waals surface area (Å²) in [6.07, 6.45) is 0. The number of fused-ring (bicyclic) bond motifs is 12. The zero-order chi connectivity index (χ0) is 41.5. The van der Waals surface area contributed by atoms with E-state index < -0.39 is 5.41 Å². The minimum atomic E-state index is -0.518. The Morgan fingerprint density at radius 2 is 0.938 bits per heavy atom. The normalized spacial score (nSPS) is 13.1. The summed E-state index contributed by atoms with van der Waals surface area (Å²) in [5.41, 5.74) is 13.8. The summed E-state index contributed by atoms with van der Waals surface area (Å²) in [5, 5.41) is 4.70. The van der Waals surface area contributed by atoms with Crippen molar-refractivity contribution in [1.82, 2.24) is 0 Å². The number of hydrogen-bond donors (Lipinski definition) is 0. The van der Waals surface area contributed by atoms with Crippen LogP contribution in [0.1, 0.15) is 29.7 Å². The minimum Gasteiger partial charge on any atom is -0.457 e. The standard InChI is InChI=1S/C59H37NO2S.CH4/c1-2-14-45-39(12-1)13-11-16-46(45)40-26-31-43(32-27-40)60(44-33-34-48-47-15-3-7-20-53(47)61-55(48)37-44)42-29-24-38(25-30-42)41-28-35-50-56(36-41)62-54-21-8-4-17-49(54)59(50)51-18-5-9-22-57(51)63-58-23-10-6-19-52(58)59;/h1-37H;1H4. The van der Waals surface area contributed by atoms with Crippen molar-refractivity contribution < 1.29 is 9.15 Å². The van der Waals surface area contributed by atoms with Crippen molar-refractivity contribution in [3.8, 4) is 33.8 Å². The van der Waals surface area contributed by atoms with E-state index in [0.29, 0.717) is 0 Å². The molecule has 0 bridgehead atoms. The molecular weight excluding hydrogens is 799 g/mol. The van der Waals surface area contributed by atoms with Gasteiger partial charge in [-0.3, -0.25) is 0 Å². The lowest BCUT2D eigenvalue weighted by Crippen LogP contribution is -2.36. The third-order valence-corrected chi connectivity index (χ3v) is 14.2. The summed E-state index contributed by atoms with van der Waals surface area (Å²) < 4.78 is 13.3. The molecule has 0 unspecified atom stereocenters. The molecule has 1 aromatic heterocycles. The maximum absolute atomic E-state index is 6.87. The highest BCUT2D eigenvalue weighted by molar-refractivity contribution is 7.99. The first kappa shape index (κ1) is 37.9. The summed E-state index contributed by atoms with van der Waals surface area (Å²) in [4.78, 5) is 4.85. The second-order valence-corrected chi connectivity index (χ2v) is 17.5. The monoisotopic (exact) mass is 839 g/mol. The van der Waals surface area contributed by atoms with E-state index in [-0.39, 0.29) is 7.43 Å². The fourth-order valence-electron chi connectivity index (χ4n) is 10.2. The van der Waals surface area contributed by atoms with E-state index in [9.17, 15) is 0 Å². The Morgan fingerprint density at radius 3 is 1.70 bits per heavy atom. The highest BCUT2D eigenvalue weighted by Crippen LogP contribution is 2.61. The lowest BCUT2D eigenvalue weighted by Gasteiger charge is -2.45. The third-order valence-electron chi connectivity index (χ3n) is 13.0. The van der Waals surface area contributed by atoms with Gasteiger partial charge in [0.05, 0.1) is 5.41 Å². The van der Waals surface area contributed by atoms with Gasteiger partial charge in [0.2, 0.25) is 0 Å². The fourth-order valence-corrected chi connectivity index (χ4v) is 11.4. The van der Waals surface area contributed by atoms with Crippen molar-refractivity contribution >= 4 is 61.5 Å². The highest BCUT2D eigenvalue weighted by atomic mass is 32.2. The average Bonchev–Trinajstić information content (AvgIpc) is 3.72. The smallest absolute Gasteiger partial charge is 0.137 e. The molecule has 0 atom stereocenters. The van der Waals surface area contributed by atoms with Gasteiger partial charge in [-0.1, -0.05) is 171 Å². The molecule has 1 spiro atoms. The zero-order valence-corrected chi connectivity index (χ0v) is 34.9. The molecule has 4 heteroatoms. The minimum absolute atomic E-state index is 0. The second kappa shape index (κ2) is 14.9. The first-order valence-electron chi connectivity index (χ1n) is 21.4. The van der Waals surface area contributed by atoms with Crippen molar-refractivity contribution in [3.05, 3.63) is 247 Å². The molecule has 64 heavy (non-hydrogen) atoms. The van der Waals surface area contributed by atoms with E-state index in [2.05, 4.69) is 217 Å². The second-order valence-electron chi connectivity index (χ2n) is 16.4. The van der Waals surface area contributed by atoms with Crippen LogP contribution in [0.2, 0.25) is 0 Å². The van der Waals surface area contributed by atoms with Gasteiger partial charge in [0.25, 0.3) is 0 Å². The summed E-state index contributed by atoms with van der Waals surface area (Å²) in [5.74, 6) is 1.76. The number of rotatable bonds is 5. The van der Waals surface area contributed by atoms with Crippen molar-refractivity contribution in [2.24, 2.45) is 0 Å². The molecule has 10 aromatic carbocycles. The van der Waals surface area contributed by atoms with Crippen LogP contribution >= 0.6 is 11.8 Å². The molecular formula is C60H41NO2S. The lowest BCUT2D eigenvalue weighted by molar-refractivity contribution is 0.431. The number of hydrogen-bond acceptors (Lipinski definition) is 4. The van der Waals surface area contributed by atoms with Gasteiger partial charge in [-0.15, -0.1) is 0 Å². The van der Waals surface area contributed by atoms with Crippen LogP contribution in [0.15, 0.2) is 239 Å². The van der Waals surface area contributed by atoms with Crippen molar-refractivity contribution in [1.29, 1.82) is 0 Å². The molecule has 3 nitrogen and oxygen atoms in total. The number of nitrogens with zero attached hydrogens (tertiary/aromatic N) is 1. The van der Waals surface area contributed by atoms with Gasteiger partial charge in [-0.05, 0) is 111 Å². The number of anilines is 3. The van der Waals surface area contributed by atoms with E-state index in [1.807, 2.05) is 23.9 Å². The van der Waals surface area contributed by atoms with Crippen molar-refractivity contribution in [2.45, 2.75) is 22.6 Å². The first-order chi connectivity index (χ1) is 31.2. The quantitative estimate of drug-likeness (QED) is 0.172. The fraction of sp³-hybridized carbons (Fsp3) is 0.0333. The van der Waals surface area contributed by atoms with E-state index >= 15 is 0 Å². The molecule has 0 aliphatic carbocycles. The molecule has 11 aromatic rings.